The van der Waals surface area contributed by atoms with Crippen molar-refractivity contribution in [2.75, 3.05) is 0 Å². The van der Waals surface area contributed by atoms with Gasteiger partial charge < -0.3 is 0 Å². The summed E-state index contributed by atoms with van der Waals surface area (Å²) in [6.45, 7) is 2.19. The molecule has 2 rings (SSSR count). The monoisotopic (exact) mass is 228 g/mol. The third kappa shape index (κ3) is 3.31. The summed E-state index contributed by atoms with van der Waals surface area (Å²) in [5, 5.41) is 8.31. The predicted octanol–water partition coefficient (Wildman–Crippen LogP) is 2.67. The predicted molar refractivity (Wildman–Crippen MR) is 66.3 cm³/mol. The van der Waals surface area contributed by atoms with Crippen molar-refractivity contribution >= 4 is 0 Å². The first-order valence-corrected chi connectivity index (χ1v) is 5.99. The second-order valence-corrected chi connectivity index (χ2v) is 3.97. The molecule has 0 aliphatic carbocycles. The van der Waals surface area contributed by atoms with Crippen molar-refractivity contribution in [2.24, 2.45) is 0 Å². The molecule has 17 heavy (non-hydrogen) atoms. The van der Waals surface area contributed by atoms with Crippen molar-refractivity contribution in [1.29, 1.82) is 0 Å². The van der Waals surface area contributed by atoms with Crippen LogP contribution in [0.4, 0.5) is 0 Å². The van der Waals surface area contributed by atoms with Crippen molar-refractivity contribution in [3.8, 4) is 11.4 Å². The van der Waals surface area contributed by atoms with Crippen LogP contribution in [-0.4, -0.2) is 20.2 Å². The molecular weight excluding hydrogens is 212 g/mol. The van der Waals surface area contributed by atoms with E-state index in [4.69, 9.17) is 0 Å². The van der Waals surface area contributed by atoms with E-state index in [9.17, 15) is 0 Å². The molecule has 4 nitrogen and oxygen atoms in total. The Morgan fingerprint density at radius 2 is 2.06 bits per heavy atom. The topological polar surface area (TPSA) is 51.6 Å². The molecule has 2 aromatic rings. The van der Waals surface area contributed by atoms with Gasteiger partial charge in [0.05, 0.1) is 11.9 Å². The minimum Gasteiger partial charge on any atom is -0.264 e. The quantitative estimate of drug-likeness (QED) is 0.738. The number of nitrogens with zero attached hydrogens (tertiary/aromatic N) is 4. The average Bonchev–Trinajstić information content (AvgIpc) is 2.41. The SMILES string of the molecule is CCCCCc1cnc(-c2cccnc2)nn1. The Labute approximate surface area is 101 Å². The lowest BCUT2D eigenvalue weighted by molar-refractivity contribution is 0.695. The van der Waals surface area contributed by atoms with Crippen LogP contribution in [0.5, 0.6) is 0 Å². The molecule has 0 spiro atoms. The minimum atomic E-state index is 0.636. The molecule has 2 heterocycles. The Morgan fingerprint density at radius 3 is 2.71 bits per heavy atom. The fourth-order valence-corrected chi connectivity index (χ4v) is 1.60. The zero-order valence-corrected chi connectivity index (χ0v) is 10.0. The van der Waals surface area contributed by atoms with Crippen molar-refractivity contribution in [3.05, 3.63) is 36.4 Å². The van der Waals surface area contributed by atoms with Gasteiger partial charge in [0.15, 0.2) is 5.82 Å². The first-order valence-electron chi connectivity index (χ1n) is 5.99. The van der Waals surface area contributed by atoms with Crippen LogP contribution in [0.25, 0.3) is 11.4 Å². The summed E-state index contributed by atoms with van der Waals surface area (Å²) in [6.07, 6.45) is 9.84. The molecule has 0 aliphatic rings. The Kier molecular flexibility index (Phi) is 4.13. The summed E-state index contributed by atoms with van der Waals surface area (Å²) in [7, 11) is 0. The molecule has 0 saturated carbocycles. The summed E-state index contributed by atoms with van der Waals surface area (Å²) < 4.78 is 0. The van der Waals surface area contributed by atoms with Crippen molar-refractivity contribution in [2.45, 2.75) is 32.6 Å². The molecule has 0 bridgehead atoms. The van der Waals surface area contributed by atoms with E-state index >= 15 is 0 Å². The first-order chi connectivity index (χ1) is 8.40. The number of unbranched alkanes of at least 4 members (excludes halogenated alkanes) is 2. The fourth-order valence-electron chi connectivity index (χ4n) is 1.60. The van der Waals surface area contributed by atoms with E-state index in [1.54, 1.807) is 12.4 Å². The molecule has 0 fully saturated rings. The van der Waals surface area contributed by atoms with E-state index < -0.39 is 0 Å². The molecule has 4 heteroatoms. The lowest BCUT2D eigenvalue weighted by Gasteiger charge is -2.00. The molecule has 2 aromatic heterocycles. The molecule has 0 saturated heterocycles. The van der Waals surface area contributed by atoms with Gasteiger partial charge in [0.1, 0.15) is 0 Å². The molecule has 0 radical (unpaired) electrons. The Balaban J connectivity index is 2.03. The molecule has 88 valence electrons. The van der Waals surface area contributed by atoms with Gasteiger partial charge in [-0.1, -0.05) is 19.8 Å². The van der Waals surface area contributed by atoms with Crippen molar-refractivity contribution in [1.82, 2.24) is 20.2 Å². The smallest absolute Gasteiger partial charge is 0.183 e. The zero-order valence-electron chi connectivity index (χ0n) is 10.0. The van der Waals surface area contributed by atoms with Gasteiger partial charge in [-0.25, -0.2) is 4.98 Å². The maximum absolute atomic E-state index is 4.31. The summed E-state index contributed by atoms with van der Waals surface area (Å²) >= 11 is 0. The Bertz CT molecular complexity index is 439. The highest BCUT2D eigenvalue weighted by Crippen LogP contribution is 2.11. The number of pyridine rings is 1. The Hall–Kier alpha value is -1.84. The molecule has 0 amide bonds. The lowest BCUT2D eigenvalue weighted by Crippen LogP contribution is -1.98. The van der Waals surface area contributed by atoms with Gasteiger partial charge >= 0.3 is 0 Å². The van der Waals surface area contributed by atoms with E-state index in [0.717, 1.165) is 24.1 Å². The number of aromatic nitrogens is 4. The van der Waals surface area contributed by atoms with Gasteiger partial charge in [0, 0.05) is 18.0 Å². The van der Waals surface area contributed by atoms with E-state index in [-0.39, 0.29) is 0 Å². The Morgan fingerprint density at radius 1 is 1.12 bits per heavy atom. The highest BCUT2D eigenvalue weighted by molar-refractivity contribution is 5.51. The largest absolute Gasteiger partial charge is 0.264 e. The van der Waals surface area contributed by atoms with Crippen LogP contribution >= 0.6 is 0 Å². The molecule has 0 N–H and O–H groups in total. The summed E-state index contributed by atoms with van der Waals surface area (Å²) in [6, 6.07) is 3.80. The summed E-state index contributed by atoms with van der Waals surface area (Å²) in [5.41, 5.74) is 1.87. The van der Waals surface area contributed by atoms with Crippen LogP contribution in [0.15, 0.2) is 30.7 Å². The zero-order chi connectivity index (χ0) is 11.9. The third-order valence-corrected chi connectivity index (χ3v) is 2.57. The number of hydrogen-bond acceptors (Lipinski definition) is 4. The highest BCUT2D eigenvalue weighted by Gasteiger charge is 2.02. The van der Waals surface area contributed by atoms with Crippen LogP contribution in [0, 0.1) is 0 Å². The van der Waals surface area contributed by atoms with Crippen molar-refractivity contribution < 1.29 is 0 Å². The standard InChI is InChI=1S/C13H16N4/c1-2-3-4-7-12-10-15-13(17-16-12)11-6-5-8-14-9-11/h5-6,8-10H,2-4,7H2,1H3. The molecule has 0 unspecified atom stereocenters. The van der Waals surface area contributed by atoms with Gasteiger partial charge in [-0.2, -0.15) is 5.10 Å². The van der Waals surface area contributed by atoms with E-state index in [0.29, 0.717) is 5.82 Å². The second kappa shape index (κ2) is 6.03. The van der Waals surface area contributed by atoms with E-state index in [1.165, 1.54) is 12.8 Å². The first kappa shape index (κ1) is 11.6. The van der Waals surface area contributed by atoms with Gasteiger partial charge in [-0.15, -0.1) is 5.10 Å². The average molecular weight is 228 g/mol. The van der Waals surface area contributed by atoms with Crippen LogP contribution < -0.4 is 0 Å². The van der Waals surface area contributed by atoms with Gasteiger partial charge in [0.25, 0.3) is 0 Å². The van der Waals surface area contributed by atoms with E-state index in [2.05, 4.69) is 27.1 Å². The van der Waals surface area contributed by atoms with Crippen LogP contribution in [-0.2, 0) is 6.42 Å². The van der Waals surface area contributed by atoms with Crippen LogP contribution in [0.2, 0.25) is 0 Å². The molecule has 0 aromatic carbocycles. The summed E-state index contributed by atoms with van der Waals surface area (Å²) in [4.78, 5) is 8.35. The summed E-state index contributed by atoms with van der Waals surface area (Å²) in [5.74, 6) is 0.636. The normalized spacial score (nSPS) is 10.4. The number of rotatable bonds is 5. The van der Waals surface area contributed by atoms with Gasteiger partial charge in [-0.05, 0) is 25.0 Å². The van der Waals surface area contributed by atoms with Crippen LogP contribution in [0.3, 0.4) is 0 Å². The highest BCUT2D eigenvalue weighted by atomic mass is 15.2. The minimum absolute atomic E-state index is 0.636. The maximum atomic E-state index is 4.31. The second-order valence-electron chi connectivity index (χ2n) is 3.97. The van der Waals surface area contributed by atoms with Crippen LogP contribution in [0.1, 0.15) is 31.9 Å². The molecule has 0 atom stereocenters. The fraction of sp³-hybridized carbons (Fsp3) is 0.385. The number of aryl methyl sites for hydroxylation is 1. The third-order valence-electron chi connectivity index (χ3n) is 2.57. The van der Waals surface area contributed by atoms with Gasteiger partial charge in [-0.3, -0.25) is 4.98 Å². The lowest BCUT2D eigenvalue weighted by atomic mass is 10.2. The molecule has 0 aliphatic heterocycles. The van der Waals surface area contributed by atoms with Crippen molar-refractivity contribution in [3.63, 3.8) is 0 Å². The maximum Gasteiger partial charge on any atom is 0.183 e. The van der Waals surface area contributed by atoms with E-state index in [1.807, 2.05) is 18.3 Å². The molecular formula is C13H16N4. The van der Waals surface area contributed by atoms with Gasteiger partial charge in [0.2, 0.25) is 0 Å². The number of hydrogen-bond donors (Lipinski definition) is 0.